The van der Waals surface area contributed by atoms with Crippen LogP contribution >= 0.6 is 11.6 Å². The molecule has 1 aromatic rings. The van der Waals surface area contributed by atoms with Crippen molar-refractivity contribution >= 4 is 27.7 Å². The van der Waals surface area contributed by atoms with E-state index >= 15 is 0 Å². The first-order chi connectivity index (χ1) is 10.00. The van der Waals surface area contributed by atoms with Crippen molar-refractivity contribution in [3.63, 3.8) is 0 Å². The maximum absolute atomic E-state index is 11.9. The van der Waals surface area contributed by atoms with E-state index in [0.717, 1.165) is 24.8 Å². The predicted octanol–water partition coefficient (Wildman–Crippen LogP) is 2.64. The van der Waals surface area contributed by atoms with Crippen LogP contribution in [0.15, 0.2) is 29.7 Å². The highest BCUT2D eigenvalue weighted by Crippen LogP contribution is 2.30. The highest BCUT2D eigenvalue weighted by Gasteiger charge is 2.27. The number of nitrogens with one attached hydrogen (secondary N) is 1. The highest BCUT2D eigenvalue weighted by atomic mass is 35.5. The fraction of sp³-hybridized carbons (Fsp3) is 0.467. The van der Waals surface area contributed by atoms with Gasteiger partial charge in [-0.1, -0.05) is 30.2 Å². The second-order valence-electron chi connectivity index (χ2n) is 5.38. The van der Waals surface area contributed by atoms with Crippen LogP contribution in [0.1, 0.15) is 24.8 Å². The Balaban J connectivity index is 1.91. The molecule has 21 heavy (non-hydrogen) atoms. The standard InChI is InChI=1S/C15H20ClNO3S/c16-15-6-4-12(5-7-15)8-9-21(19,20)17-10-13-2-1-3-14(13)11-18/h4-9,13-14,17-18H,1-3,10-11H2. The molecule has 0 saturated heterocycles. The molecule has 2 N–H and O–H groups in total. The molecule has 1 aliphatic carbocycles. The normalized spacial score (nSPS) is 23.0. The first-order valence-electron chi connectivity index (χ1n) is 7.04. The molecule has 1 aromatic carbocycles. The molecule has 0 amide bonds. The molecule has 1 aliphatic rings. The smallest absolute Gasteiger partial charge is 0.233 e. The van der Waals surface area contributed by atoms with Crippen LogP contribution in [0.25, 0.3) is 6.08 Å². The van der Waals surface area contributed by atoms with E-state index in [2.05, 4.69) is 4.72 Å². The van der Waals surface area contributed by atoms with Gasteiger partial charge in [0, 0.05) is 23.6 Å². The van der Waals surface area contributed by atoms with Crippen molar-refractivity contribution in [3.8, 4) is 0 Å². The van der Waals surface area contributed by atoms with Crippen molar-refractivity contribution in [2.24, 2.45) is 11.8 Å². The van der Waals surface area contributed by atoms with E-state index in [1.807, 2.05) is 0 Å². The Bertz CT molecular complexity index is 583. The van der Waals surface area contributed by atoms with Crippen LogP contribution in [-0.2, 0) is 10.0 Å². The molecule has 2 rings (SSSR count). The van der Waals surface area contributed by atoms with Crippen molar-refractivity contribution in [2.45, 2.75) is 19.3 Å². The zero-order chi connectivity index (χ0) is 15.3. The fourth-order valence-corrected chi connectivity index (χ4v) is 3.64. The largest absolute Gasteiger partial charge is 0.396 e. The molecular formula is C15H20ClNO3S. The van der Waals surface area contributed by atoms with Crippen LogP contribution in [0.4, 0.5) is 0 Å². The van der Waals surface area contributed by atoms with Gasteiger partial charge >= 0.3 is 0 Å². The molecule has 0 heterocycles. The van der Waals surface area contributed by atoms with Gasteiger partial charge in [-0.3, -0.25) is 0 Å². The lowest BCUT2D eigenvalue weighted by atomic mass is 9.97. The summed E-state index contributed by atoms with van der Waals surface area (Å²) in [5, 5.41) is 11.0. The third-order valence-corrected chi connectivity index (χ3v) is 5.22. The molecule has 116 valence electrons. The van der Waals surface area contributed by atoms with E-state index in [0.29, 0.717) is 11.6 Å². The molecular weight excluding hydrogens is 310 g/mol. The number of sulfonamides is 1. The van der Waals surface area contributed by atoms with Gasteiger partial charge in [0.25, 0.3) is 0 Å². The summed E-state index contributed by atoms with van der Waals surface area (Å²) in [6.45, 7) is 0.519. The lowest BCUT2D eigenvalue weighted by Crippen LogP contribution is -2.30. The van der Waals surface area contributed by atoms with Crippen molar-refractivity contribution in [1.29, 1.82) is 0 Å². The minimum Gasteiger partial charge on any atom is -0.396 e. The third kappa shape index (κ3) is 5.11. The summed E-state index contributed by atoms with van der Waals surface area (Å²) >= 11 is 5.78. The lowest BCUT2D eigenvalue weighted by Gasteiger charge is -2.16. The summed E-state index contributed by atoms with van der Waals surface area (Å²) in [5.74, 6) is 0.446. The number of aliphatic hydroxyl groups is 1. The van der Waals surface area contributed by atoms with Gasteiger partial charge in [0.05, 0.1) is 0 Å². The number of rotatable bonds is 6. The zero-order valence-corrected chi connectivity index (χ0v) is 13.3. The summed E-state index contributed by atoms with van der Waals surface area (Å²) < 4.78 is 26.5. The zero-order valence-electron chi connectivity index (χ0n) is 11.7. The van der Waals surface area contributed by atoms with E-state index in [9.17, 15) is 13.5 Å². The summed E-state index contributed by atoms with van der Waals surface area (Å²) in [4.78, 5) is 0. The first-order valence-corrected chi connectivity index (χ1v) is 8.97. The molecule has 1 saturated carbocycles. The lowest BCUT2D eigenvalue weighted by molar-refractivity contribution is 0.195. The average Bonchev–Trinajstić information content (AvgIpc) is 2.92. The summed E-state index contributed by atoms with van der Waals surface area (Å²) in [6, 6.07) is 6.94. The Hall–Kier alpha value is -0.880. The van der Waals surface area contributed by atoms with Gasteiger partial charge in [-0.2, -0.15) is 0 Å². The Labute approximate surface area is 130 Å². The monoisotopic (exact) mass is 329 g/mol. The Morgan fingerprint density at radius 1 is 1.24 bits per heavy atom. The summed E-state index contributed by atoms with van der Waals surface area (Å²) in [5.41, 5.74) is 0.777. The van der Waals surface area contributed by atoms with Gasteiger partial charge in [0.1, 0.15) is 0 Å². The van der Waals surface area contributed by atoms with Crippen LogP contribution in [-0.4, -0.2) is 26.7 Å². The van der Waals surface area contributed by atoms with Gasteiger partial charge in [-0.15, -0.1) is 0 Å². The minimum atomic E-state index is -3.45. The Kier molecular flexibility index (Phi) is 5.81. The van der Waals surface area contributed by atoms with Crippen LogP contribution < -0.4 is 4.72 Å². The SMILES string of the molecule is O=S(=O)(C=Cc1ccc(Cl)cc1)NCC1CCCC1CO. The van der Waals surface area contributed by atoms with Gasteiger partial charge in [-0.25, -0.2) is 13.1 Å². The molecule has 0 bridgehead atoms. The van der Waals surface area contributed by atoms with E-state index in [4.69, 9.17) is 11.6 Å². The maximum Gasteiger partial charge on any atom is 0.233 e. The third-order valence-electron chi connectivity index (χ3n) is 3.91. The van der Waals surface area contributed by atoms with Crippen molar-refractivity contribution in [3.05, 3.63) is 40.3 Å². The fourth-order valence-electron chi connectivity index (χ4n) is 2.64. The number of aliphatic hydroxyl groups excluding tert-OH is 1. The summed E-state index contributed by atoms with van der Waals surface area (Å²) in [7, 11) is -3.45. The molecule has 6 heteroatoms. The van der Waals surface area contributed by atoms with Crippen LogP contribution in [0.2, 0.25) is 5.02 Å². The predicted molar refractivity (Wildman–Crippen MR) is 85.3 cm³/mol. The van der Waals surface area contributed by atoms with Crippen LogP contribution in [0, 0.1) is 11.8 Å². The molecule has 2 unspecified atom stereocenters. The van der Waals surface area contributed by atoms with E-state index in [-0.39, 0.29) is 18.4 Å². The highest BCUT2D eigenvalue weighted by molar-refractivity contribution is 7.92. The number of benzene rings is 1. The minimum absolute atomic E-state index is 0.132. The van der Waals surface area contributed by atoms with Gasteiger partial charge < -0.3 is 5.11 Å². The Morgan fingerprint density at radius 3 is 2.57 bits per heavy atom. The van der Waals surface area contributed by atoms with Gasteiger partial charge in [-0.05, 0) is 48.4 Å². The van der Waals surface area contributed by atoms with Gasteiger partial charge in [0.2, 0.25) is 10.0 Å². The maximum atomic E-state index is 11.9. The quantitative estimate of drug-likeness (QED) is 0.843. The molecule has 0 spiro atoms. The van der Waals surface area contributed by atoms with Crippen molar-refractivity contribution in [1.82, 2.24) is 4.72 Å². The van der Waals surface area contributed by atoms with E-state index in [1.165, 1.54) is 11.5 Å². The van der Waals surface area contributed by atoms with Crippen molar-refractivity contribution < 1.29 is 13.5 Å². The molecule has 2 atom stereocenters. The first kappa shape index (κ1) is 16.5. The molecule has 0 radical (unpaired) electrons. The van der Waals surface area contributed by atoms with E-state index in [1.54, 1.807) is 24.3 Å². The van der Waals surface area contributed by atoms with Crippen molar-refractivity contribution in [2.75, 3.05) is 13.2 Å². The summed E-state index contributed by atoms with van der Waals surface area (Å²) in [6.07, 6.45) is 4.53. The number of hydrogen-bond donors (Lipinski definition) is 2. The number of halogens is 1. The second-order valence-corrected chi connectivity index (χ2v) is 7.47. The number of hydrogen-bond acceptors (Lipinski definition) is 3. The molecule has 1 fully saturated rings. The molecule has 0 aliphatic heterocycles. The second kappa shape index (κ2) is 7.40. The molecule has 0 aromatic heterocycles. The van der Waals surface area contributed by atoms with Crippen LogP contribution in [0.5, 0.6) is 0 Å². The van der Waals surface area contributed by atoms with Gasteiger partial charge in [0.15, 0.2) is 0 Å². The molecule has 4 nitrogen and oxygen atoms in total. The topological polar surface area (TPSA) is 66.4 Å². The average molecular weight is 330 g/mol. The van der Waals surface area contributed by atoms with E-state index < -0.39 is 10.0 Å². The van der Waals surface area contributed by atoms with Crippen LogP contribution in [0.3, 0.4) is 0 Å². The Morgan fingerprint density at radius 2 is 1.90 bits per heavy atom.